The minimum Gasteiger partial charge on any atom is -0.455 e. The highest BCUT2D eigenvalue weighted by molar-refractivity contribution is 6.88. The molecule has 10 rings (SSSR count). The summed E-state index contributed by atoms with van der Waals surface area (Å²) in [5.74, 6) is 0. The second kappa shape index (κ2) is 7.49. The third-order valence-corrected chi connectivity index (χ3v) is 9.28. The molecule has 4 heteroatoms. The molecule has 0 N–H and O–H groups in total. The van der Waals surface area contributed by atoms with Crippen molar-refractivity contribution in [3.05, 3.63) is 127 Å². The number of furan rings is 1. The Morgan fingerprint density at radius 3 is 2.22 bits per heavy atom. The van der Waals surface area contributed by atoms with Gasteiger partial charge in [-0.2, -0.15) is 0 Å². The van der Waals surface area contributed by atoms with Gasteiger partial charge in [-0.15, -0.1) is 0 Å². The number of benzene rings is 6. The standard InChI is InChI=1S/C37H23BN2O/c1-22-10-8-13-25-23-11-2-5-17-30(23)40(35(22)25)38-28-15-4-6-18-31(28)39-32-21-20-26-24-12-3-7-19-33(24)41-37(26)34(32)27-14-9-16-29(38)36(27)39/h2-21H,1H3. The maximum absolute atomic E-state index is 6.59. The Morgan fingerprint density at radius 2 is 1.27 bits per heavy atom. The van der Waals surface area contributed by atoms with Crippen LogP contribution in [-0.2, 0) is 0 Å². The summed E-state index contributed by atoms with van der Waals surface area (Å²) in [6.45, 7) is 2.27. The molecule has 4 heterocycles. The van der Waals surface area contributed by atoms with Gasteiger partial charge in [-0.1, -0.05) is 91.0 Å². The third-order valence-electron chi connectivity index (χ3n) is 9.28. The molecule has 0 fully saturated rings. The lowest BCUT2D eigenvalue weighted by molar-refractivity contribution is 0.673. The van der Waals surface area contributed by atoms with Crippen molar-refractivity contribution in [3.8, 4) is 5.69 Å². The predicted molar refractivity (Wildman–Crippen MR) is 173 cm³/mol. The highest BCUT2D eigenvalue weighted by atomic mass is 16.3. The van der Waals surface area contributed by atoms with E-state index in [9.17, 15) is 0 Å². The number of hydrogen-bond donors (Lipinski definition) is 0. The van der Waals surface area contributed by atoms with Crippen LogP contribution in [0.2, 0.25) is 0 Å². The molecule has 0 spiro atoms. The number of para-hydroxylation sites is 5. The van der Waals surface area contributed by atoms with Gasteiger partial charge in [0.2, 0.25) is 0 Å². The smallest absolute Gasteiger partial charge is 0.332 e. The van der Waals surface area contributed by atoms with Gasteiger partial charge in [-0.05, 0) is 53.7 Å². The Bertz CT molecular complexity index is 2560. The molecule has 0 aliphatic carbocycles. The van der Waals surface area contributed by atoms with Crippen LogP contribution >= 0.6 is 0 Å². The highest BCUT2D eigenvalue weighted by Crippen LogP contribution is 2.41. The average Bonchev–Trinajstić information content (AvgIpc) is 3.67. The molecular weight excluding hydrogens is 499 g/mol. The Hall–Kier alpha value is -5.22. The van der Waals surface area contributed by atoms with Crippen LogP contribution < -0.4 is 10.9 Å². The normalized spacial score (nSPS) is 13.0. The Labute approximate surface area is 235 Å². The molecule has 9 aromatic rings. The number of rotatable bonds is 1. The van der Waals surface area contributed by atoms with E-state index in [1.807, 2.05) is 6.07 Å². The molecule has 0 saturated heterocycles. The summed E-state index contributed by atoms with van der Waals surface area (Å²) < 4.78 is 11.7. The molecule has 190 valence electrons. The Morgan fingerprint density at radius 1 is 0.537 bits per heavy atom. The molecule has 6 aromatic carbocycles. The van der Waals surface area contributed by atoms with Gasteiger partial charge in [0, 0.05) is 43.7 Å². The fraction of sp³-hybridized carbons (Fsp3) is 0.0270. The molecule has 41 heavy (non-hydrogen) atoms. The number of hydrogen-bond acceptors (Lipinski definition) is 1. The van der Waals surface area contributed by atoms with Crippen LogP contribution in [-0.4, -0.2) is 15.9 Å². The summed E-state index contributed by atoms with van der Waals surface area (Å²) in [4.78, 5) is 0. The minimum absolute atomic E-state index is 0.0291. The lowest BCUT2D eigenvalue weighted by Crippen LogP contribution is -2.53. The van der Waals surface area contributed by atoms with E-state index in [2.05, 4.69) is 131 Å². The summed E-state index contributed by atoms with van der Waals surface area (Å²) >= 11 is 0. The monoisotopic (exact) mass is 522 g/mol. The van der Waals surface area contributed by atoms with Crippen molar-refractivity contribution < 1.29 is 4.42 Å². The largest absolute Gasteiger partial charge is 0.455 e. The van der Waals surface area contributed by atoms with Gasteiger partial charge < -0.3 is 13.5 Å². The van der Waals surface area contributed by atoms with Crippen molar-refractivity contribution in [3.63, 3.8) is 0 Å². The van der Waals surface area contributed by atoms with E-state index in [-0.39, 0.29) is 6.85 Å². The van der Waals surface area contributed by atoms with Gasteiger partial charge in [0.05, 0.1) is 16.4 Å². The van der Waals surface area contributed by atoms with Gasteiger partial charge >= 0.3 is 6.85 Å². The van der Waals surface area contributed by atoms with Gasteiger partial charge in [-0.3, -0.25) is 0 Å². The van der Waals surface area contributed by atoms with Crippen molar-refractivity contribution in [2.75, 3.05) is 0 Å². The van der Waals surface area contributed by atoms with Crippen molar-refractivity contribution in [2.45, 2.75) is 6.92 Å². The maximum atomic E-state index is 6.59. The summed E-state index contributed by atoms with van der Waals surface area (Å²) in [5.41, 5.74) is 12.0. The first-order chi connectivity index (χ1) is 20.3. The van der Waals surface area contributed by atoms with Crippen molar-refractivity contribution in [1.29, 1.82) is 0 Å². The molecule has 3 aromatic heterocycles. The van der Waals surface area contributed by atoms with Crippen molar-refractivity contribution in [1.82, 2.24) is 9.05 Å². The minimum atomic E-state index is 0.0291. The quantitative estimate of drug-likeness (QED) is 0.200. The first-order valence-corrected chi connectivity index (χ1v) is 14.2. The van der Waals surface area contributed by atoms with Crippen LogP contribution in [0, 0.1) is 6.92 Å². The second-order valence-electron chi connectivity index (χ2n) is 11.3. The van der Waals surface area contributed by atoms with Crippen molar-refractivity contribution in [2.24, 2.45) is 0 Å². The zero-order valence-electron chi connectivity index (χ0n) is 22.4. The predicted octanol–water partition coefficient (Wildman–Crippen LogP) is 8.07. The summed E-state index contributed by atoms with van der Waals surface area (Å²) in [5, 5.41) is 7.35. The molecule has 0 unspecified atom stereocenters. The lowest BCUT2D eigenvalue weighted by Gasteiger charge is -2.28. The molecule has 3 nitrogen and oxygen atoms in total. The molecule has 0 atom stereocenters. The zero-order valence-corrected chi connectivity index (χ0v) is 22.4. The lowest BCUT2D eigenvalue weighted by atomic mass is 9.48. The first kappa shape index (κ1) is 21.6. The summed E-state index contributed by atoms with van der Waals surface area (Å²) in [7, 11) is 0. The number of fused-ring (bicyclic) bond motifs is 12. The number of aryl methyl sites for hydroxylation is 1. The highest BCUT2D eigenvalue weighted by Gasteiger charge is 2.36. The van der Waals surface area contributed by atoms with Crippen LogP contribution in [0.4, 0.5) is 0 Å². The van der Waals surface area contributed by atoms with Gasteiger partial charge in [-0.25, -0.2) is 0 Å². The van der Waals surface area contributed by atoms with E-state index in [0.29, 0.717) is 0 Å². The van der Waals surface area contributed by atoms with Gasteiger partial charge in [0.15, 0.2) is 0 Å². The summed E-state index contributed by atoms with van der Waals surface area (Å²) in [6, 6.07) is 44.2. The van der Waals surface area contributed by atoms with Crippen LogP contribution in [0.3, 0.4) is 0 Å². The Balaban J connectivity index is 1.42. The van der Waals surface area contributed by atoms with Crippen LogP contribution in [0.1, 0.15) is 5.56 Å². The topological polar surface area (TPSA) is 23.0 Å². The van der Waals surface area contributed by atoms with E-state index in [0.717, 1.165) is 16.6 Å². The average molecular weight is 522 g/mol. The molecular formula is C37H23BN2O. The fourth-order valence-corrected chi connectivity index (χ4v) is 7.69. The van der Waals surface area contributed by atoms with Gasteiger partial charge in [0.25, 0.3) is 0 Å². The Kier molecular flexibility index (Phi) is 3.95. The molecule has 0 bridgehead atoms. The summed E-state index contributed by atoms with van der Waals surface area (Å²) in [6.07, 6.45) is 0. The zero-order chi connectivity index (χ0) is 26.8. The number of aromatic nitrogens is 2. The molecule has 1 aliphatic rings. The van der Waals surface area contributed by atoms with Gasteiger partial charge in [0.1, 0.15) is 11.2 Å². The van der Waals surface area contributed by atoms with Crippen LogP contribution in [0.25, 0.3) is 71.2 Å². The van der Waals surface area contributed by atoms with E-state index < -0.39 is 0 Å². The van der Waals surface area contributed by atoms with E-state index in [1.54, 1.807) is 0 Å². The van der Waals surface area contributed by atoms with Crippen LogP contribution in [0.5, 0.6) is 0 Å². The molecule has 0 saturated carbocycles. The number of nitrogens with zero attached hydrogens (tertiary/aromatic N) is 2. The SMILES string of the molecule is Cc1cccc2c3ccccc3n(B3c4ccccc4-n4c5ccc6c7ccccc7oc6c5c5cccc3c54)c12. The second-order valence-corrected chi connectivity index (χ2v) is 11.3. The van der Waals surface area contributed by atoms with E-state index in [1.165, 1.54) is 71.2 Å². The van der Waals surface area contributed by atoms with Crippen molar-refractivity contribution >= 4 is 83.3 Å². The third kappa shape index (κ3) is 2.56. The first-order valence-electron chi connectivity index (χ1n) is 14.2. The molecule has 1 aliphatic heterocycles. The fourth-order valence-electron chi connectivity index (χ4n) is 7.69. The molecule has 0 amide bonds. The van der Waals surface area contributed by atoms with E-state index >= 15 is 0 Å². The van der Waals surface area contributed by atoms with Crippen LogP contribution in [0.15, 0.2) is 126 Å². The molecule has 0 radical (unpaired) electrons. The van der Waals surface area contributed by atoms with E-state index in [4.69, 9.17) is 4.42 Å². The maximum Gasteiger partial charge on any atom is 0.332 e.